The molecular formula is C50H39N5. The standard InChI is InChI=1S/C50H39N5/c1-28-7-14-41-35(21-28)36-22-29(2)8-15-42(36)53(41)47-27-49(55-45-18-11-32(5)25-39(45)40-26-33(6)12-19-46(40)55)52-50-34(47)13-20-48(51-50)54-43-16-9-30(3)23-37(43)38-24-31(4)10-17-44(38)54/h7-27H,1-6H3. The van der Waals surface area contributed by atoms with Gasteiger partial charge in [0.1, 0.15) is 11.6 Å². The van der Waals surface area contributed by atoms with Crippen LogP contribution in [0.25, 0.3) is 93.8 Å². The van der Waals surface area contributed by atoms with E-state index < -0.39 is 0 Å². The maximum absolute atomic E-state index is 5.51. The van der Waals surface area contributed by atoms with Crippen LogP contribution >= 0.6 is 0 Å². The zero-order valence-corrected chi connectivity index (χ0v) is 31.9. The topological polar surface area (TPSA) is 40.6 Å². The summed E-state index contributed by atoms with van der Waals surface area (Å²) in [6.45, 7) is 13.0. The number of aromatic nitrogens is 5. The van der Waals surface area contributed by atoms with Crippen LogP contribution in [0.2, 0.25) is 0 Å². The molecule has 0 fully saturated rings. The Labute approximate surface area is 318 Å². The van der Waals surface area contributed by atoms with Crippen LogP contribution in [-0.2, 0) is 0 Å². The van der Waals surface area contributed by atoms with Gasteiger partial charge in [-0.1, -0.05) is 69.8 Å². The molecule has 5 heterocycles. The molecule has 0 saturated carbocycles. The van der Waals surface area contributed by atoms with Gasteiger partial charge in [-0.2, -0.15) is 0 Å². The molecule has 5 aromatic heterocycles. The van der Waals surface area contributed by atoms with Crippen molar-refractivity contribution in [1.29, 1.82) is 0 Å². The van der Waals surface area contributed by atoms with Gasteiger partial charge in [0.05, 0.1) is 38.8 Å². The van der Waals surface area contributed by atoms with Gasteiger partial charge in [-0.15, -0.1) is 0 Å². The van der Waals surface area contributed by atoms with E-state index in [0.29, 0.717) is 5.65 Å². The zero-order valence-electron chi connectivity index (χ0n) is 31.9. The minimum atomic E-state index is 0.697. The van der Waals surface area contributed by atoms with Crippen molar-refractivity contribution in [2.24, 2.45) is 0 Å². The SMILES string of the molecule is Cc1ccc2c(c1)c1cc(C)ccc1n2-c1ccc2c(-n3c4ccc(C)cc4c4cc(C)ccc43)cc(-n3c4ccc(C)cc4c4cc(C)ccc43)nc2n1. The molecule has 11 aromatic rings. The van der Waals surface area contributed by atoms with E-state index in [1.807, 2.05) is 0 Å². The van der Waals surface area contributed by atoms with E-state index in [1.54, 1.807) is 0 Å². The Bertz CT molecular complexity index is 3260. The van der Waals surface area contributed by atoms with Crippen LogP contribution in [0, 0.1) is 41.5 Å². The summed E-state index contributed by atoms with van der Waals surface area (Å²) in [6.07, 6.45) is 0. The number of aryl methyl sites for hydroxylation is 6. The van der Waals surface area contributed by atoms with Crippen LogP contribution in [0.5, 0.6) is 0 Å². The Morgan fingerprint density at radius 2 is 0.600 bits per heavy atom. The molecule has 0 amide bonds. The summed E-state index contributed by atoms with van der Waals surface area (Å²) >= 11 is 0. The second-order valence-electron chi connectivity index (χ2n) is 15.7. The van der Waals surface area contributed by atoms with Crippen molar-refractivity contribution in [1.82, 2.24) is 23.7 Å². The van der Waals surface area contributed by atoms with E-state index in [9.17, 15) is 0 Å². The summed E-state index contributed by atoms with van der Waals surface area (Å²) in [7, 11) is 0. The molecule has 0 N–H and O–H groups in total. The van der Waals surface area contributed by atoms with Crippen LogP contribution < -0.4 is 0 Å². The Hall–Kier alpha value is -6.72. The van der Waals surface area contributed by atoms with Gasteiger partial charge < -0.3 is 4.57 Å². The molecule has 0 aliphatic rings. The molecule has 0 atom stereocenters. The monoisotopic (exact) mass is 709 g/mol. The fraction of sp³-hybridized carbons (Fsp3) is 0.120. The first-order valence-electron chi connectivity index (χ1n) is 19.1. The Kier molecular flexibility index (Phi) is 6.58. The van der Waals surface area contributed by atoms with Crippen molar-refractivity contribution in [2.75, 3.05) is 0 Å². The average molecular weight is 710 g/mol. The Morgan fingerprint density at radius 3 is 0.964 bits per heavy atom. The Morgan fingerprint density at radius 1 is 0.291 bits per heavy atom. The highest BCUT2D eigenvalue weighted by atomic mass is 15.1. The van der Waals surface area contributed by atoms with Crippen molar-refractivity contribution in [3.63, 3.8) is 0 Å². The van der Waals surface area contributed by atoms with Crippen LogP contribution in [0.15, 0.2) is 127 Å². The van der Waals surface area contributed by atoms with Gasteiger partial charge in [-0.05, 0) is 126 Å². The lowest BCUT2D eigenvalue weighted by Crippen LogP contribution is -2.05. The second kappa shape index (κ2) is 11.4. The largest absolute Gasteiger partial charge is 0.308 e. The van der Waals surface area contributed by atoms with Crippen molar-refractivity contribution in [3.05, 3.63) is 161 Å². The lowest BCUT2D eigenvalue weighted by atomic mass is 10.1. The Balaban J connectivity index is 1.28. The van der Waals surface area contributed by atoms with Crippen molar-refractivity contribution < 1.29 is 0 Å². The number of fused-ring (bicyclic) bond motifs is 10. The fourth-order valence-corrected chi connectivity index (χ4v) is 8.99. The molecule has 0 aliphatic heterocycles. The summed E-state index contributed by atoms with van der Waals surface area (Å²) in [5.41, 5.74) is 16.0. The quantitative estimate of drug-likeness (QED) is 0.183. The summed E-state index contributed by atoms with van der Waals surface area (Å²) in [5.74, 6) is 1.68. The van der Waals surface area contributed by atoms with E-state index >= 15 is 0 Å². The van der Waals surface area contributed by atoms with Crippen LogP contribution in [0.4, 0.5) is 0 Å². The number of pyridine rings is 2. The van der Waals surface area contributed by atoms with Gasteiger partial charge in [0.2, 0.25) is 0 Å². The lowest BCUT2D eigenvalue weighted by molar-refractivity contribution is 1.05. The predicted molar refractivity (Wildman–Crippen MR) is 231 cm³/mol. The summed E-state index contributed by atoms with van der Waals surface area (Å²) in [6, 6.07) is 47.2. The van der Waals surface area contributed by atoms with Gasteiger partial charge in [-0.3, -0.25) is 9.13 Å². The molecule has 0 unspecified atom stereocenters. The minimum absolute atomic E-state index is 0.697. The maximum atomic E-state index is 5.51. The number of nitrogens with zero attached hydrogens (tertiary/aromatic N) is 5. The summed E-state index contributed by atoms with van der Waals surface area (Å²) < 4.78 is 7.05. The van der Waals surface area contributed by atoms with Crippen molar-refractivity contribution in [3.8, 4) is 17.3 Å². The first-order valence-corrected chi connectivity index (χ1v) is 19.1. The molecule has 0 saturated heterocycles. The average Bonchev–Trinajstić information content (AvgIpc) is 3.78. The summed E-state index contributed by atoms with van der Waals surface area (Å²) in [4.78, 5) is 11.0. The lowest BCUT2D eigenvalue weighted by Gasteiger charge is -2.16. The summed E-state index contributed by atoms with van der Waals surface area (Å²) in [5, 5.41) is 8.39. The smallest absolute Gasteiger partial charge is 0.166 e. The van der Waals surface area contributed by atoms with E-state index in [2.05, 4.69) is 183 Å². The molecule has 0 spiro atoms. The van der Waals surface area contributed by atoms with Crippen LogP contribution in [0.1, 0.15) is 33.4 Å². The van der Waals surface area contributed by atoms with Crippen LogP contribution in [0.3, 0.4) is 0 Å². The van der Waals surface area contributed by atoms with Crippen molar-refractivity contribution >= 4 is 76.5 Å². The van der Waals surface area contributed by atoms with E-state index in [1.165, 1.54) is 65.7 Å². The fourth-order valence-electron chi connectivity index (χ4n) is 8.99. The molecule has 5 nitrogen and oxygen atoms in total. The van der Waals surface area contributed by atoms with E-state index in [0.717, 1.165) is 55.8 Å². The number of hydrogen-bond acceptors (Lipinski definition) is 2. The molecule has 0 bridgehead atoms. The maximum Gasteiger partial charge on any atom is 0.166 e. The molecule has 0 aliphatic carbocycles. The number of rotatable bonds is 3. The van der Waals surface area contributed by atoms with Crippen LogP contribution in [-0.4, -0.2) is 23.7 Å². The third-order valence-corrected chi connectivity index (χ3v) is 11.6. The van der Waals surface area contributed by atoms with Crippen molar-refractivity contribution in [2.45, 2.75) is 41.5 Å². The molecule has 5 heteroatoms. The normalized spacial score (nSPS) is 12.2. The zero-order chi connectivity index (χ0) is 37.3. The predicted octanol–water partition coefficient (Wildman–Crippen LogP) is 12.8. The highest BCUT2D eigenvalue weighted by molar-refractivity contribution is 6.13. The minimum Gasteiger partial charge on any atom is -0.308 e. The molecule has 6 aromatic carbocycles. The molecule has 11 rings (SSSR count). The number of hydrogen-bond donors (Lipinski definition) is 0. The van der Waals surface area contributed by atoms with E-state index in [-0.39, 0.29) is 0 Å². The molecule has 0 radical (unpaired) electrons. The third-order valence-electron chi connectivity index (χ3n) is 11.6. The highest BCUT2D eigenvalue weighted by Crippen LogP contribution is 2.39. The first kappa shape index (κ1) is 31.8. The molecular weight excluding hydrogens is 671 g/mol. The molecule has 55 heavy (non-hydrogen) atoms. The van der Waals surface area contributed by atoms with Gasteiger partial charge in [0.15, 0.2) is 5.65 Å². The van der Waals surface area contributed by atoms with Gasteiger partial charge in [-0.25, -0.2) is 9.97 Å². The highest BCUT2D eigenvalue weighted by Gasteiger charge is 2.21. The van der Waals surface area contributed by atoms with Gasteiger partial charge in [0.25, 0.3) is 0 Å². The second-order valence-corrected chi connectivity index (χ2v) is 15.7. The van der Waals surface area contributed by atoms with Gasteiger partial charge >= 0.3 is 0 Å². The third kappa shape index (κ3) is 4.66. The van der Waals surface area contributed by atoms with E-state index in [4.69, 9.17) is 9.97 Å². The number of benzene rings is 6. The molecule has 264 valence electrons. The van der Waals surface area contributed by atoms with Gasteiger partial charge in [0, 0.05) is 43.8 Å². The first-order chi connectivity index (χ1) is 26.7.